The molecule has 0 amide bonds. The highest BCUT2D eigenvalue weighted by atomic mass is 16.4. The third-order valence-corrected chi connectivity index (χ3v) is 6.91. The molecular weight excluding hydrogens is 358 g/mol. The summed E-state index contributed by atoms with van der Waals surface area (Å²) in [5, 5.41) is 11.4. The fourth-order valence-electron chi connectivity index (χ4n) is 4.92. The zero-order valence-corrected chi connectivity index (χ0v) is 18.4. The molecule has 0 saturated carbocycles. The molecule has 1 heterocycles. The van der Waals surface area contributed by atoms with Gasteiger partial charge in [-0.25, -0.2) is 0 Å². The van der Waals surface area contributed by atoms with Crippen molar-refractivity contribution in [3.8, 4) is 0 Å². The summed E-state index contributed by atoms with van der Waals surface area (Å²) in [6.45, 7) is 8.31. The molecular formula is C26H37NO2. The molecule has 0 spiro atoms. The van der Waals surface area contributed by atoms with Crippen LogP contribution in [0.4, 0.5) is 5.69 Å². The van der Waals surface area contributed by atoms with Crippen molar-refractivity contribution in [1.29, 1.82) is 0 Å². The minimum Gasteiger partial charge on any atom is -0.481 e. The standard InChI is InChI=1S/C26H37NO2/c1-20-26(2,3)25-22-15-12-11-14-21(22)17-18-23(25)27(20)19-13-9-7-5-4-6-8-10-16-24(28)29/h11-12,14-15,17-18,20H,4-10,13,16,19H2,1-3H3,(H,28,29). The number of fused-ring (bicyclic) bond motifs is 3. The molecule has 2 aromatic carbocycles. The smallest absolute Gasteiger partial charge is 0.303 e. The monoisotopic (exact) mass is 395 g/mol. The number of aliphatic carboxylic acids is 1. The summed E-state index contributed by atoms with van der Waals surface area (Å²) in [7, 11) is 0. The Morgan fingerprint density at radius 1 is 0.931 bits per heavy atom. The van der Waals surface area contributed by atoms with Gasteiger partial charge in [0.25, 0.3) is 0 Å². The molecule has 3 nitrogen and oxygen atoms in total. The first-order valence-corrected chi connectivity index (χ1v) is 11.4. The largest absolute Gasteiger partial charge is 0.481 e. The lowest BCUT2D eigenvalue weighted by atomic mass is 9.79. The summed E-state index contributed by atoms with van der Waals surface area (Å²) >= 11 is 0. The lowest BCUT2D eigenvalue weighted by Crippen LogP contribution is -2.39. The summed E-state index contributed by atoms with van der Waals surface area (Å²) in [6, 6.07) is 13.9. The van der Waals surface area contributed by atoms with E-state index < -0.39 is 5.97 Å². The summed E-state index contributed by atoms with van der Waals surface area (Å²) in [6.07, 6.45) is 9.69. The molecule has 3 rings (SSSR count). The van der Waals surface area contributed by atoms with Gasteiger partial charge < -0.3 is 10.0 Å². The summed E-state index contributed by atoms with van der Waals surface area (Å²) in [5.74, 6) is -0.668. The van der Waals surface area contributed by atoms with Crippen molar-refractivity contribution in [3.05, 3.63) is 42.0 Å². The predicted octanol–water partition coefficient (Wildman–Crippen LogP) is 6.92. The number of carboxylic acids is 1. The minimum atomic E-state index is -0.668. The van der Waals surface area contributed by atoms with Gasteiger partial charge in [-0.2, -0.15) is 0 Å². The van der Waals surface area contributed by atoms with Gasteiger partial charge in [0.15, 0.2) is 0 Å². The van der Waals surface area contributed by atoms with Crippen LogP contribution in [-0.2, 0) is 10.2 Å². The summed E-state index contributed by atoms with van der Waals surface area (Å²) in [4.78, 5) is 13.1. The fraction of sp³-hybridized carbons (Fsp3) is 0.577. The maximum absolute atomic E-state index is 10.5. The van der Waals surface area contributed by atoms with Crippen LogP contribution in [0.3, 0.4) is 0 Å². The van der Waals surface area contributed by atoms with Crippen LogP contribution in [-0.4, -0.2) is 23.7 Å². The first-order valence-electron chi connectivity index (χ1n) is 11.4. The average molecular weight is 396 g/mol. The van der Waals surface area contributed by atoms with Crippen LogP contribution < -0.4 is 4.90 Å². The first-order chi connectivity index (χ1) is 13.9. The van der Waals surface area contributed by atoms with Crippen molar-refractivity contribution in [2.24, 2.45) is 0 Å². The van der Waals surface area contributed by atoms with Gasteiger partial charge in [0.05, 0.1) is 0 Å². The van der Waals surface area contributed by atoms with E-state index in [1.807, 2.05) is 0 Å². The minimum absolute atomic E-state index is 0.159. The van der Waals surface area contributed by atoms with Gasteiger partial charge in [-0.3, -0.25) is 4.79 Å². The van der Waals surface area contributed by atoms with Crippen LogP contribution in [0.1, 0.15) is 84.1 Å². The second-order valence-electron chi connectivity index (χ2n) is 9.24. The summed E-state index contributed by atoms with van der Waals surface area (Å²) < 4.78 is 0. The normalized spacial score (nSPS) is 17.6. The van der Waals surface area contributed by atoms with E-state index in [0.717, 1.165) is 19.4 Å². The lowest BCUT2D eigenvalue weighted by Gasteiger charge is -2.31. The van der Waals surface area contributed by atoms with Gasteiger partial charge in [0, 0.05) is 30.1 Å². The molecule has 0 saturated heterocycles. The van der Waals surface area contributed by atoms with E-state index in [0.29, 0.717) is 12.5 Å². The topological polar surface area (TPSA) is 40.5 Å². The number of rotatable bonds is 11. The SMILES string of the molecule is CC1N(CCCCCCCCCCC(=O)O)c2ccc3ccccc3c2C1(C)C. The Bertz CT molecular complexity index is 827. The first kappa shape index (κ1) is 21.7. The van der Waals surface area contributed by atoms with Crippen LogP contribution in [0.5, 0.6) is 0 Å². The zero-order chi connectivity index (χ0) is 20.9. The van der Waals surface area contributed by atoms with Gasteiger partial charge in [-0.15, -0.1) is 0 Å². The van der Waals surface area contributed by atoms with E-state index in [4.69, 9.17) is 5.11 Å². The molecule has 0 radical (unpaired) electrons. The van der Waals surface area contributed by atoms with E-state index in [1.54, 1.807) is 0 Å². The number of hydrogen-bond donors (Lipinski definition) is 1. The number of benzene rings is 2. The molecule has 29 heavy (non-hydrogen) atoms. The van der Waals surface area contributed by atoms with E-state index in [2.05, 4.69) is 62.1 Å². The fourth-order valence-corrected chi connectivity index (χ4v) is 4.92. The van der Waals surface area contributed by atoms with Gasteiger partial charge >= 0.3 is 5.97 Å². The van der Waals surface area contributed by atoms with E-state index in [-0.39, 0.29) is 5.41 Å². The second kappa shape index (κ2) is 9.65. The Balaban J connectivity index is 1.48. The molecule has 2 aromatic rings. The molecule has 1 aliphatic rings. The highest BCUT2D eigenvalue weighted by Crippen LogP contribution is 2.48. The van der Waals surface area contributed by atoms with Crippen molar-refractivity contribution < 1.29 is 9.90 Å². The van der Waals surface area contributed by atoms with Gasteiger partial charge in [0.2, 0.25) is 0 Å². The Kier molecular flexibility index (Phi) is 7.21. The Labute approximate surface area is 176 Å². The van der Waals surface area contributed by atoms with Crippen LogP contribution in [0.2, 0.25) is 0 Å². The van der Waals surface area contributed by atoms with Crippen molar-refractivity contribution in [1.82, 2.24) is 0 Å². The molecule has 0 fully saturated rings. The van der Waals surface area contributed by atoms with Gasteiger partial charge in [-0.1, -0.05) is 82.7 Å². The molecule has 158 valence electrons. The molecule has 0 bridgehead atoms. The number of carbonyl (C=O) groups is 1. The third kappa shape index (κ3) is 4.94. The van der Waals surface area contributed by atoms with Gasteiger partial charge in [-0.05, 0) is 42.2 Å². The summed E-state index contributed by atoms with van der Waals surface area (Å²) in [5.41, 5.74) is 3.11. The number of hydrogen-bond acceptors (Lipinski definition) is 2. The predicted molar refractivity (Wildman–Crippen MR) is 123 cm³/mol. The Hall–Kier alpha value is -2.03. The second-order valence-corrected chi connectivity index (χ2v) is 9.24. The Morgan fingerprint density at radius 3 is 2.24 bits per heavy atom. The molecule has 0 aromatic heterocycles. The average Bonchev–Trinajstić information content (AvgIpc) is 2.89. The highest BCUT2D eigenvalue weighted by molar-refractivity contribution is 5.93. The zero-order valence-electron chi connectivity index (χ0n) is 18.4. The maximum Gasteiger partial charge on any atom is 0.303 e. The van der Waals surface area contributed by atoms with Crippen molar-refractivity contribution in [3.63, 3.8) is 0 Å². The van der Waals surface area contributed by atoms with E-state index in [9.17, 15) is 4.79 Å². The lowest BCUT2D eigenvalue weighted by molar-refractivity contribution is -0.137. The van der Waals surface area contributed by atoms with Crippen molar-refractivity contribution >= 4 is 22.4 Å². The Morgan fingerprint density at radius 2 is 1.55 bits per heavy atom. The number of carboxylic acid groups (broad SMARTS) is 1. The highest BCUT2D eigenvalue weighted by Gasteiger charge is 2.42. The van der Waals surface area contributed by atoms with Crippen LogP contribution in [0.15, 0.2) is 36.4 Å². The number of unbranched alkanes of at least 4 members (excludes halogenated alkanes) is 7. The molecule has 1 unspecified atom stereocenters. The van der Waals surface area contributed by atoms with Crippen molar-refractivity contribution in [2.75, 3.05) is 11.4 Å². The van der Waals surface area contributed by atoms with E-state index >= 15 is 0 Å². The van der Waals surface area contributed by atoms with Gasteiger partial charge in [0.1, 0.15) is 0 Å². The van der Waals surface area contributed by atoms with Crippen molar-refractivity contribution in [2.45, 2.75) is 90.0 Å². The molecule has 0 aliphatic carbocycles. The maximum atomic E-state index is 10.5. The van der Waals surface area contributed by atoms with Crippen LogP contribution in [0.25, 0.3) is 10.8 Å². The number of nitrogens with zero attached hydrogens (tertiary/aromatic N) is 1. The third-order valence-electron chi connectivity index (χ3n) is 6.91. The molecule has 1 atom stereocenters. The molecule has 1 N–H and O–H groups in total. The van der Waals surface area contributed by atoms with E-state index in [1.165, 1.54) is 60.5 Å². The van der Waals surface area contributed by atoms with Crippen LogP contribution in [0, 0.1) is 0 Å². The molecule has 1 aliphatic heterocycles. The van der Waals surface area contributed by atoms with Crippen LogP contribution >= 0.6 is 0 Å². The quantitative estimate of drug-likeness (QED) is 0.420. The number of anilines is 1. The molecule has 3 heteroatoms.